The lowest BCUT2D eigenvalue weighted by Crippen LogP contribution is -2.47. The highest BCUT2D eigenvalue weighted by molar-refractivity contribution is 5.95. The first kappa shape index (κ1) is 17.0. The summed E-state index contributed by atoms with van der Waals surface area (Å²) in [4.78, 5) is 15.0. The van der Waals surface area contributed by atoms with E-state index in [-0.39, 0.29) is 11.9 Å². The van der Waals surface area contributed by atoms with Gasteiger partial charge in [0.05, 0.1) is 26.0 Å². The number of hydrogen-bond donors (Lipinski definition) is 2. The molecule has 6 nitrogen and oxygen atoms in total. The Hall–Kier alpha value is -1.79. The molecule has 6 heteroatoms. The van der Waals surface area contributed by atoms with E-state index in [0.717, 1.165) is 52.0 Å². The van der Waals surface area contributed by atoms with Gasteiger partial charge in [-0.05, 0) is 43.9 Å². The predicted octanol–water partition coefficient (Wildman–Crippen LogP) is 1.65. The number of nitrogens with two attached hydrogens (primary N) is 1. The van der Waals surface area contributed by atoms with E-state index in [4.69, 9.17) is 15.2 Å². The molecule has 0 aromatic heterocycles. The Morgan fingerprint density at radius 1 is 1.25 bits per heavy atom. The summed E-state index contributed by atoms with van der Waals surface area (Å²) in [7, 11) is 1.56. The molecule has 0 radical (unpaired) electrons. The predicted molar refractivity (Wildman–Crippen MR) is 93.3 cm³/mol. The van der Waals surface area contributed by atoms with Crippen molar-refractivity contribution in [1.82, 2.24) is 10.2 Å². The fourth-order valence-corrected chi connectivity index (χ4v) is 3.65. The zero-order valence-electron chi connectivity index (χ0n) is 14.3. The second kappa shape index (κ2) is 7.85. The van der Waals surface area contributed by atoms with E-state index < -0.39 is 0 Å². The molecule has 1 saturated heterocycles. The number of amides is 1. The average molecular weight is 333 g/mol. The van der Waals surface area contributed by atoms with Crippen LogP contribution in [-0.2, 0) is 4.74 Å². The van der Waals surface area contributed by atoms with Gasteiger partial charge in [-0.25, -0.2) is 0 Å². The molecular weight excluding hydrogens is 306 g/mol. The van der Waals surface area contributed by atoms with Crippen LogP contribution in [0, 0.1) is 0 Å². The lowest BCUT2D eigenvalue weighted by molar-refractivity contribution is 0.00665. The lowest BCUT2D eigenvalue weighted by atomic mass is 9.89. The molecule has 0 atom stereocenters. The first-order chi connectivity index (χ1) is 11.7. The van der Waals surface area contributed by atoms with Crippen molar-refractivity contribution in [2.75, 3.05) is 39.1 Å². The van der Waals surface area contributed by atoms with Gasteiger partial charge < -0.3 is 20.5 Å². The van der Waals surface area contributed by atoms with Gasteiger partial charge >= 0.3 is 0 Å². The third-order valence-corrected chi connectivity index (χ3v) is 5.09. The molecule has 1 aromatic rings. The van der Waals surface area contributed by atoms with Crippen LogP contribution in [0.5, 0.6) is 5.75 Å². The van der Waals surface area contributed by atoms with E-state index in [2.05, 4.69) is 10.2 Å². The van der Waals surface area contributed by atoms with Gasteiger partial charge in [-0.1, -0.05) is 0 Å². The largest absolute Gasteiger partial charge is 0.495 e. The number of rotatable bonds is 4. The van der Waals surface area contributed by atoms with Gasteiger partial charge in [0.25, 0.3) is 5.91 Å². The third-order valence-electron chi connectivity index (χ3n) is 5.09. The molecule has 3 rings (SSSR count). The molecule has 0 bridgehead atoms. The van der Waals surface area contributed by atoms with Crippen molar-refractivity contribution in [3.05, 3.63) is 23.8 Å². The second-order valence-corrected chi connectivity index (χ2v) is 6.58. The van der Waals surface area contributed by atoms with Gasteiger partial charge in [0, 0.05) is 30.7 Å². The number of nitrogens with zero attached hydrogens (tertiary/aromatic N) is 1. The van der Waals surface area contributed by atoms with E-state index in [0.29, 0.717) is 23.0 Å². The van der Waals surface area contributed by atoms with Gasteiger partial charge in [0.15, 0.2) is 0 Å². The SMILES string of the molecule is COc1cc(C(=O)N[C@H]2CC[C@@H](N3CCOCC3)CC2)ccc1N. The van der Waals surface area contributed by atoms with Gasteiger partial charge in [0.1, 0.15) is 5.75 Å². The van der Waals surface area contributed by atoms with Crippen molar-refractivity contribution in [1.29, 1.82) is 0 Å². The van der Waals surface area contributed by atoms with Crippen LogP contribution >= 0.6 is 0 Å². The summed E-state index contributed by atoms with van der Waals surface area (Å²) in [5.41, 5.74) is 6.94. The summed E-state index contributed by atoms with van der Waals surface area (Å²) in [5, 5.41) is 3.15. The van der Waals surface area contributed by atoms with E-state index in [1.165, 1.54) is 0 Å². The van der Waals surface area contributed by atoms with Crippen LogP contribution in [0.25, 0.3) is 0 Å². The maximum absolute atomic E-state index is 12.4. The number of morpholine rings is 1. The zero-order chi connectivity index (χ0) is 16.9. The number of nitrogen functional groups attached to an aromatic ring is 1. The van der Waals surface area contributed by atoms with E-state index in [9.17, 15) is 4.79 Å². The molecule has 1 heterocycles. The van der Waals surface area contributed by atoms with Crippen molar-refractivity contribution < 1.29 is 14.3 Å². The van der Waals surface area contributed by atoms with Crippen LogP contribution in [0.2, 0.25) is 0 Å². The van der Waals surface area contributed by atoms with Crippen molar-refractivity contribution in [2.45, 2.75) is 37.8 Å². The van der Waals surface area contributed by atoms with Crippen LogP contribution in [0.15, 0.2) is 18.2 Å². The molecule has 1 aliphatic carbocycles. The molecule has 2 fully saturated rings. The van der Waals surface area contributed by atoms with Crippen molar-refractivity contribution in [2.24, 2.45) is 0 Å². The Labute approximate surface area is 143 Å². The number of ether oxygens (including phenoxy) is 2. The molecule has 3 N–H and O–H groups in total. The molecule has 132 valence electrons. The van der Waals surface area contributed by atoms with Crippen molar-refractivity contribution >= 4 is 11.6 Å². The maximum Gasteiger partial charge on any atom is 0.251 e. The minimum absolute atomic E-state index is 0.0527. The molecule has 24 heavy (non-hydrogen) atoms. The first-order valence-electron chi connectivity index (χ1n) is 8.73. The van der Waals surface area contributed by atoms with E-state index in [1.807, 2.05) is 0 Å². The fraction of sp³-hybridized carbons (Fsp3) is 0.611. The summed E-state index contributed by atoms with van der Waals surface area (Å²) in [6.07, 6.45) is 4.33. The minimum Gasteiger partial charge on any atom is -0.495 e. The highest BCUT2D eigenvalue weighted by Gasteiger charge is 2.27. The highest BCUT2D eigenvalue weighted by Crippen LogP contribution is 2.25. The third kappa shape index (κ3) is 3.99. The normalized spacial score (nSPS) is 25.2. The second-order valence-electron chi connectivity index (χ2n) is 6.58. The molecule has 1 aliphatic heterocycles. The lowest BCUT2D eigenvalue weighted by Gasteiger charge is -2.38. The van der Waals surface area contributed by atoms with Crippen molar-refractivity contribution in [3.8, 4) is 5.75 Å². The van der Waals surface area contributed by atoms with Gasteiger partial charge in [-0.3, -0.25) is 9.69 Å². The maximum atomic E-state index is 12.4. The topological polar surface area (TPSA) is 76.8 Å². The Balaban J connectivity index is 1.51. The number of methoxy groups -OCH3 is 1. The molecule has 2 aliphatic rings. The fourth-order valence-electron chi connectivity index (χ4n) is 3.65. The monoisotopic (exact) mass is 333 g/mol. The Kier molecular flexibility index (Phi) is 5.58. The highest BCUT2D eigenvalue weighted by atomic mass is 16.5. The number of anilines is 1. The van der Waals surface area contributed by atoms with Gasteiger partial charge in [-0.15, -0.1) is 0 Å². The zero-order valence-corrected chi connectivity index (χ0v) is 14.3. The van der Waals surface area contributed by atoms with E-state index >= 15 is 0 Å². The number of carbonyl (C=O) groups is 1. The number of hydrogen-bond acceptors (Lipinski definition) is 5. The van der Waals surface area contributed by atoms with Crippen LogP contribution in [-0.4, -0.2) is 56.3 Å². The Bertz CT molecular complexity index is 565. The molecule has 0 spiro atoms. The molecule has 1 aromatic carbocycles. The summed E-state index contributed by atoms with van der Waals surface area (Å²) >= 11 is 0. The average Bonchev–Trinajstić information content (AvgIpc) is 2.63. The summed E-state index contributed by atoms with van der Waals surface area (Å²) in [5.74, 6) is 0.488. The van der Waals surface area contributed by atoms with Crippen LogP contribution in [0.1, 0.15) is 36.0 Å². The molecule has 1 saturated carbocycles. The Morgan fingerprint density at radius 3 is 2.62 bits per heavy atom. The smallest absolute Gasteiger partial charge is 0.251 e. The summed E-state index contributed by atoms with van der Waals surface area (Å²) < 4.78 is 10.6. The number of carbonyl (C=O) groups excluding carboxylic acids is 1. The first-order valence-corrected chi connectivity index (χ1v) is 8.73. The Morgan fingerprint density at radius 2 is 1.96 bits per heavy atom. The number of nitrogens with one attached hydrogen (secondary N) is 1. The molecule has 1 amide bonds. The van der Waals surface area contributed by atoms with E-state index in [1.54, 1.807) is 25.3 Å². The summed E-state index contributed by atoms with van der Waals surface area (Å²) in [6.45, 7) is 3.76. The molecular formula is C18H27N3O3. The van der Waals surface area contributed by atoms with Crippen LogP contribution < -0.4 is 15.8 Å². The van der Waals surface area contributed by atoms with Gasteiger partial charge in [0.2, 0.25) is 0 Å². The van der Waals surface area contributed by atoms with Crippen molar-refractivity contribution in [3.63, 3.8) is 0 Å². The summed E-state index contributed by atoms with van der Waals surface area (Å²) in [6, 6.07) is 6.04. The van der Waals surface area contributed by atoms with Crippen LogP contribution in [0.3, 0.4) is 0 Å². The van der Waals surface area contributed by atoms with Gasteiger partial charge in [-0.2, -0.15) is 0 Å². The quantitative estimate of drug-likeness (QED) is 0.820. The molecule has 0 unspecified atom stereocenters. The number of benzene rings is 1. The minimum atomic E-state index is -0.0527. The van der Waals surface area contributed by atoms with Crippen LogP contribution in [0.4, 0.5) is 5.69 Å². The standard InChI is InChI=1S/C18H27N3O3/c1-23-17-12-13(2-7-16(17)19)18(22)20-14-3-5-15(6-4-14)21-8-10-24-11-9-21/h2,7,12,14-15H,3-6,8-11,19H2,1H3,(H,20,22)/t14-,15+.